The summed E-state index contributed by atoms with van der Waals surface area (Å²) in [6, 6.07) is 5.57. The summed E-state index contributed by atoms with van der Waals surface area (Å²) in [5, 5.41) is 2.08. The van der Waals surface area contributed by atoms with Gasteiger partial charge in [0.05, 0.1) is 13.2 Å². The molecule has 26 heavy (non-hydrogen) atoms. The lowest BCUT2D eigenvalue weighted by atomic mass is 10.1. The first-order chi connectivity index (χ1) is 12.6. The maximum absolute atomic E-state index is 12.9. The Bertz CT molecular complexity index is 837. The number of morpholine rings is 1. The zero-order chi connectivity index (χ0) is 18.1. The van der Waals surface area contributed by atoms with E-state index in [2.05, 4.69) is 16.4 Å². The summed E-state index contributed by atoms with van der Waals surface area (Å²) >= 11 is 1.75. The molecule has 0 aliphatic carbocycles. The Kier molecular flexibility index (Phi) is 4.60. The van der Waals surface area contributed by atoms with Crippen LogP contribution in [0.25, 0.3) is 0 Å². The molecule has 2 N–H and O–H groups in total. The Morgan fingerprint density at radius 2 is 2.19 bits per heavy atom. The number of rotatable bonds is 3. The van der Waals surface area contributed by atoms with Gasteiger partial charge in [0.1, 0.15) is 5.69 Å². The van der Waals surface area contributed by atoms with Crippen molar-refractivity contribution in [3.05, 3.63) is 45.9 Å². The Labute approximate surface area is 155 Å². The van der Waals surface area contributed by atoms with Crippen LogP contribution < -0.4 is 10.6 Å². The van der Waals surface area contributed by atoms with E-state index in [1.165, 1.54) is 10.4 Å². The number of hydrogen-bond donors (Lipinski definition) is 1. The standard InChI is InChI=1S/C18H20N4O3S/c19-17(23)14-9-13(1-4-20-14)21-6-7-25-15(11-21)18(24)22-5-2-16-12(10-22)3-8-26-16/h1,3-4,8-9,15H,2,5-7,10-11H2,(H2,19,23). The van der Waals surface area contributed by atoms with E-state index in [-0.39, 0.29) is 11.6 Å². The monoisotopic (exact) mass is 372 g/mol. The molecule has 0 bridgehead atoms. The van der Waals surface area contributed by atoms with Crippen LogP contribution in [0.15, 0.2) is 29.8 Å². The highest BCUT2D eigenvalue weighted by atomic mass is 32.1. The molecule has 1 fully saturated rings. The van der Waals surface area contributed by atoms with Gasteiger partial charge in [-0.15, -0.1) is 11.3 Å². The fraction of sp³-hybridized carbons (Fsp3) is 0.389. The van der Waals surface area contributed by atoms with Gasteiger partial charge in [-0.05, 0) is 35.6 Å². The van der Waals surface area contributed by atoms with Gasteiger partial charge in [0, 0.05) is 36.4 Å². The molecule has 2 aliphatic heterocycles. The minimum Gasteiger partial charge on any atom is -0.366 e. The van der Waals surface area contributed by atoms with Crippen LogP contribution in [0.3, 0.4) is 0 Å². The van der Waals surface area contributed by atoms with Crippen LogP contribution in [0.2, 0.25) is 0 Å². The summed E-state index contributed by atoms with van der Waals surface area (Å²) in [7, 11) is 0. The molecular weight excluding hydrogens is 352 g/mol. The SMILES string of the molecule is NC(=O)c1cc(N2CCOC(C(=O)N3CCc4sccc4C3)C2)ccn1. The Hall–Kier alpha value is -2.45. The Balaban J connectivity index is 1.46. The molecule has 0 aromatic carbocycles. The molecule has 2 aromatic rings. The van der Waals surface area contributed by atoms with Gasteiger partial charge in [-0.3, -0.25) is 14.6 Å². The summed E-state index contributed by atoms with van der Waals surface area (Å²) in [5.41, 5.74) is 7.60. The summed E-state index contributed by atoms with van der Waals surface area (Å²) in [6.07, 6.45) is 1.96. The molecule has 1 atom stereocenters. The van der Waals surface area contributed by atoms with Crippen molar-refractivity contribution in [2.24, 2.45) is 5.73 Å². The van der Waals surface area contributed by atoms with Crippen molar-refractivity contribution in [2.45, 2.75) is 19.1 Å². The van der Waals surface area contributed by atoms with Gasteiger partial charge in [-0.2, -0.15) is 0 Å². The lowest BCUT2D eigenvalue weighted by Gasteiger charge is -2.37. The number of pyridine rings is 1. The molecule has 0 spiro atoms. The van der Waals surface area contributed by atoms with Crippen LogP contribution in [0.1, 0.15) is 20.9 Å². The molecule has 2 aliphatic rings. The van der Waals surface area contributed by atoms with Crippen molar-refractivity contribution in [2.75, 3.05) is 31.1 Å². The van der Waals surface area contributed by atoms with E-state index >= 15 is 0 Å². The second-order valence-electron chi connectivity index (χ2n) is 6.45. The zero-order valence-corrected chi connectivity index (χ0v) is 15.1. The molecule has 2 amide bonds. The zero-order valence-electron chi connectivity index (χ0n) is 14.3. The topological polar surface area (TPSA) is 88.8 Å². The smallest absolute Gasteiger partial charge is 0.267 e. The first-order valence-corrected chi connectivity index (χ1v) is 9.46. The lowest BCUT2D eigenvalue weighted by molar-refractivity contribution is -0.145. The Morgan fingerprint density at radius 3 is 3.04 bits per heavy atom. The van der Waals surface area contributed by atoms with Crippen molar-refractivity contribution in [3.8, 4) is 0 Å². The van der Waals surface area contributed by atoms with Crippen LogP contribution in [0, 0.1) is 0 Å². The minimum absolute atomic E-state index is 0.0238. The average molecular weight is 372 g/mol. The fourth-order valence-corrected chi connectivity index (χ4v) is 4.31. The van der Waals surface area contributed by atoms with Gasteiger partial charge in [0.25, 0.3) is 11.8 Å². The van der Waals surface area contributed by atoms with Crippen LogP contribution in [-0.4, -0.2) is 54.0 Å². The van der Waals surface area contributed by atoms with E-state index in [9.17, 15) is 9.59 Å². The maximum atomic E-state index is 12.9. The first-order valence-electron chi connectivity index (χ1n) is 8.58. The maximum Gasteiger partial charge on any atom is 0.267 e. The van der Waals surface area contributed by atoms with Gasteiger partial charge in [0.15, 0.2) is 6.10 Å². The number of nitrogens with two attached hydrogens (primary N) is 1. The van der Waals surface area contributed by atoms with Crippen LogP contribution in [-0.2, 0) is 22.5 Å². The number of hydrogen-bond acceptors (Lipinski definition) is 6. The highest BCUT2D eigenvalue weighted by molar-refractivity contribution is 7.10. The minimum atomic E-state index is -0.562. The Morgan fingerprint density at radius 1 is 1.31 bits per heavy atom. The molecular formula is C18H20N4O3S. The second kappa shape index (κ2) is 7.05. The number of carbonyl (C=O) groups is 2. The number of carbonyl (C=O) groups excluding carboxylic acids is 2. The third-order valence-corrected chi connectivity index (χ3v) is 5.85. The summed E-state index contributed by atoms with van der Waals surface area (Å²) in [4.78, 5) is 33.5. The number of aromatic nitrogens is 1. The number of fused-ring (bicyclic) bond motifs is 1. The molecule has 2 aromatic heterocycles. The molecule has 4 rings (SSSR count). The van der Waals surface area contributed by atoms with Crippen LogP contribution in [0.5, 0.6) is 0 Å². The summed E-state index contributed by atoms with van der Waals surface area (Å²) in [6.45, 7) is 2.95. The highest BCUT2D eigenvalue weighted by Crippen LogP contribution is 2.25. The first kappa shape index (κ1) is 17.0. The van der Waals surface area contributed by atoms with E-state index in [4.69, 9.17) is 10.5 Å². The van der Waals surface area contributed by atoms with E-state index in [1.54, 1.807) is 23.6 Å². The van der Waals surface area contributed by atoms with Crippen molar-refractivity contribution in [3.63, 3.8) is 0 Å². The summed E-state index contributed by atoms with van der Waals surface area (Å²) < 4.78 is 5.75. The number of ether oxygens (including phenoxy) is 1. The highest BCUT2D eigenvalue weighted by Gasteiger charge is 2.32. The number of thiophene rings is 1. The van der Waals surface area contributed by atoms with Crippen molar-refractivity contribution in [1.29, 1.82) is 0 Å². The fourth-order valence-electron chi connectivity index (χ4n) is 3.42. The van der Waals surface area contributed by atoms with Gasteiger partial charge in [0.2, 0.25) is 0 Å². The molecule has 7 nitrogen and oxygen atoms in total. The molecule has 1 unspecified atom stereocenters. The summed E-state index contributed by atoms with van der Waals surface area (Å²) in [5.74, 6) is -0.539. The number of anilines is 1. The number of primary amides is 1. The molecule has 8 heteroatoms. The van der Waals surface area contributed by atoms with Crippen LogP contribution >= 0.6 is 11.3 Å². The quantitative estimate of drug-likeness (QED) is 0.869. The predicted octanol–water partition coefficient (Wildman–Crippen LogP) is 1.03. The van der Waals surface area contributed by atoms with Gasteiger partial charge in [-0.25, -0.2) is 0 Å². The average Bonchev–Trinajstić information content (AvgIpc) is 3.15. The largest absolute Gasteiger partial charge is 0.366 e. The van der Waals surface area contributed by atoms with Gasteiger partial charge >= 0.3 is 0 Å². The molecule has 0 radical (unpaired) electrons. The predicted molar refractivity (Wildman–Crippen MR) is 98.1 cm³/mol. The van der Waals surface area contributed by atoms with Crippen LogP contribution in [0.4, 0.5) is 5.69 Å². The van der Waals surface area contributed by atoms with E-state index in [0.717, 1.165) is 18.7 Å². The van der Waals surface area contributed by atoms with E-state index < -0.39 is 12.0 Å². The van der Waals surface area contributed by atoms with Crippen molar-refractivity contribution >= 4 is 28.8 Å². The molecule has 0 saturated carbocycles. The van der Waals surface area contributed by atoms with Gasteiger partial charge < -0.3 is 20.3 Å². The lowest BCUT2D eigenvalue weighted by Crippen LogP contribution is -2.52. The number of amides is 2. The van der Waals surface area contributed by atoms with Gasteiger partial charge in [-0.1, -0.05) is 0 Å². The van der Waals surface area contributed by atoms with Crippen molar-refractivity contribution < 1.29 is 14.3 Å². The second-order valence-corrected chi connectivity index (χ2v) is 7.45. The molecule has 136 valence electrons. The third-order valence-electron chi connectivity index (χ3n) is 4.82. The van der Waals surface area contributed by atoms with Crippen molar-refractivity contribution in [1.82, 2.24) is 9.88 Å². The molecule has 1 saturated heterocycles. The third kappa shape index (κ3) is 3.30. The van der Waals surface area contributed by atoms with E-state index in [0.29, 0.717) is 26.2 Å². The number of nitrogens with zero attached hydrogens (tertiary/aromatic N) is 3. The normalized spacial score (nSPS) is 19.9. The molecule has 4 heterocycles. The van der Waals surface area contributed by atoms with E-state index in [1.807, 2.05) is 15.9 Å².